The highest BCUT2D eigenvalue weighted by atomic mass is 32.1. The summed E-state index contributed by atoms with van der Waals surface area (Å²) in [5.74, 6) is -1.89. The van der Waals surface area contributed by atoms with Crippen LogP contribution < -0.4 is 0 Å². The van der Waals surface area contributed by atoms with Gasteiger partial charge in [0.1, 0.15) is 4.88 Å². The lowest BCUT2D eigenvalue weighted by molar-refractivity contribution is -0.0882. The lowest BCUT2D eigenvalue weighted by atomic mass is 10.3. The van der Waals surface area contributed by atoms with E-state index >= 15 is 0 Å². The Morgan fingerprint density at radius 1 is 1.56 bits per heavy atom. The van der Waals surface area contributed by atoms with Crippen LogP contribution in [0.1, 0.15) is 9.67 Å². The van der Waals surface area contributed by atoms with Crippen molar-refractivity contribution in [1.29, 1.82) is 0 Å². The Balaban J connectivity index is 2.84. The molecule has 0 spiro atoms. The molecule has 4 nitrogen and oxygen atoms in total. The molecular weight excluding hydrogens is 243 g/mol. The molecule has 0 bridgehead atoms. The minimum Gasteiger partial charge on any atom is -0.369 e. The highest BCUT2D eigenvalue weighted by Crippen LogP contribution is 2.28. The smallest absolute Gasteiger partial charge is 0.369 e. The minimum atomic E-state index is -4.87. The Bertz CT molecular complexity index is 411. The van der Waals surface area contributed by atoms with E-state index in [2.05, 4.69) is 9.98 Å². The molecule has 0 amide bonds. The first-order valence-corrected chi connectivity index (χ1v) is 4.90. The number of hydrogen-bond acceptors (Lipinski definition) is 4. The van der Waals surface area contributed by atoms with Crippen molar-refractivity contribution in [2.75, 3.05) is 14.1 Å². The van der Waals surface area contributed by atoms with Gasteiger partial charge in [-0.25, -0.2) is 9.98 Å². The van der Waals surface area contributed by atoms with Crippen molar-refractivity contribution in [3.05, 3.63) is 11.1 Å². The monoisotopic (exact) mass is 251 g/mol. The number of aliphatic imine (C=N–C) groups is 1. The zero-order valence-electron chi connectivity index (χ0n) is 8.45. The normalized spacial score (nSPS) is 12.1. The maximum Gasteiger partial charge on any atom is 0.455 e. The van der Waals surface area contributed by atoms with E-state index in [1.807, 2.05) is 0 Å². The number of thiazole rings is 1. The number of hydrogen-bond donors (Lipinski definition) is 0. The van der Waals surface area contributed by atoms with Crippen molar-refractivity contribution in [1.82, 2.24) is 9.88 Å². The fraction of sp³-hybridized carbons (Fsp3) is 0.375. The van der Waals surface area contributed by atoms with Crippen molar-refractivity contribution in [3.8, 4) is 0 Å². The maximum atomic E-state index is 12.0. The molecule has 8 heteroatoms. The number of ketones is 1. The van der Waals surface area contributed by atoms with E-state index in [0.717, 1.165) is 6.20 Å². The molecule has 0 aromatic carbocycles. The fourth-order valence-corrected chi connectivity index (χ4v) is 1.45. The van der Waals surface area contributed by atoms with Crippen molar-refractivity contribution in [3.63, 3.8) is 0 Å². The van der Waals surface area contributed by atoms with E-state index in [-0.39, 0.29) is 5.13 Å². The summed E-state index contributed by atoms with van der Waals surface area (Å²) >= 11 is 0.605. The van der Waals surface area contributed by atoms with Crippen LogP contribution in [0.5, 0.6) is 0 Å². The minimum absolute atomic E-state index is 0.112. The molecule has 0 aliphatic rings. The summed E-state index contributed by atoms with van der Waals surface area (Å²) in [5, 5.41) is 0.112. The van der Waals surface area contributed by atoms with Crippen molar-refractivity contribution < 1.29 is 18.0 Å². The van der Waals surface area contributed by atoms with E-state index in [0.29, 0.717) is 11.3 Å². The summed E-state index contributed by atoms with van der Waals surface area (Å²) in [7, 11) is 3.41. The topological polar surface area (TPSA) is 45.6 Å². The average Bonchev–Trinajstić information content (AvgIpc) is 2.60. The van der Waals surface area contributed by atoms with Crippen LogP contribution >= 0.6 is 11.3 Å². The second-order valence-corrected chi connectivity index (χ2v) is 4.05. The van der Waals surface area contributed by atoms with E-state index in [4.69, 9.17) is 0 Å². The third-order valence-corrected chi connectivity index (χ3v) is 2.28. The van der Waals surface area contributed by atoms with Crippen molar-refractivity contribution in [2.45, 2.75) is 6.18 Å². The molecule has 0 aliphatic heterocycles. The lowest BCUT2D eigenvalue weighted by Gasteiger charge is -2.00. The van der Waals surface area contributed by atoms with Gasteiger partial charge in [-0.3, -0.25) is 4.79 Å². The standard InChI is InChI=1S/C8H8F3N3OS/c1-14(2)4-13-7-12-3-5(16-7)6(15)8(9,10)11/h3-4H,1-2H3/b13-4+. The number of rotatable bonds is 3. The van der Waals surface area contributed by atoms with E-state index in [9.17, 15) is 18.0 Å². The molecule has 88 valence electrons. The first-order valence-electron chi connectivity index (χ1n) is 4.08. The first kappa shape index (κ1) is 12.6. The highest BCUT2D eigenvalue weighted by Gasteiger charge is 2.40. The second kappa shape index (κ2) is 4.60. The third-order valence-electron chi connectivity index (χ3n) is 1.37. The quantitative estimate of drug-likeness (QED) is 0.469. The molecular formula is C8H8F3N3OS. The summed E-state index contributed by atoms with van der Waals surface area (Å²) in [4.78, 5) is 19.3. The van der Waals surface area contributed by atoms with Crippen molar-refractivity contribution in [2.24, 2.45) is 4.99 Å². The van der Waals surface area contributed by atoms with Gasteiger partial charge in [0, 0.05) is 14.1 Å². The largest absolute Gasteiger partial charge is 0.455 e. The van der Waals surface area contributed by atoms with Crippen LogP contribution in [-0.4, -0.2) is 42.3 Å². The Hall–Kier alpha value is -1.44. The van der Waals surface area contributed by atoms with Gasteiger partial charge in [-0.15, -0.1) is 0 Å². The molecule has 0 aliphatic carbocycles. The number of aromatic nitrogens is 1. The van der Waals surface area contributed by atoms with Crippen LogP contribution in [0, 0.1) is 0 Å². The predicted octanol–water partition coefficient (Wildman–Crippen LogP) is 2.11. The molecule has 0 saturated carbocycles. The third kappa shape index (κ3) is 3.30. The number of nitrogens with zero attached hydrogens (tertiary/aromatic N) is 3. The molecule has 1 heterocycles. The molecule has 0 atom stereocenters. The summed E-state index contributed by atoms with van der Waals surface area (Å²) in [6, 6.07) is 0. The van der Waals surface area contributed by atoms with Crippen LogP contribution in [0.2, 0.25) is 0 Å². The fourth-order valence-electron chi connectivity index (χ4n) is 0.734. The SMILES string of the molecule is CN(C)/C=N/c1ncc(C(=O)C(F)(F)F)s1. The van der Waals surface area contributed by atoms with Crippen LogP contribution in [-0.2, 0) is 0 Å². The van der Waals surface area contributed by atoms with Gasteiger partial charge in [-0.1, -0.05) is 11.3 Å². The number of alkyl halides is 3. The predicted molar refractivity (Wildman–Crippen MR) is 54.3 cm³/mol. The van der Waals surface area contributed by atoms with Gasteiger partial charge in [-0.2, -0.15) is 13.2 Å². The first-order chi connectivity index (χ1) is 7.30. The van der Waals surface area contributed by atoms with Crippen molar-refractivity contribution >= 4 is 28.6 Å². The summed E-state index contributed by atoms with van der Waals surface area (Å²) < 4.78 is 36.1. The molecule has 1 aromatic rings. The van der Waals surface area contributed by atoms with Gasteiger partial charge in [0.2, 0.25) is 5.13 Å². The molecule has 0 radical (unpaired) electrons. The van der Waals surface area contributed by atoms with E-state index < -0.39 is 16.8 Å². The molecule has 0 N–H and O–H groups in total. The lowest BCUT2D eigenvalue weighted by Crippen LogP contribution is -2.21. The Kier molecular flexibility index (Phi) is 3.63. The molecule has 0 fully saturated rings. The van der Waals surface area contributed by atoms with Gasteiger partial charge in [0.05, 0.1) is 12.5 Å². The van der Waals surface area contributed by atoms with E-state index in [1.165, 1.54) is 6.34 Å². The summed E-state index contributed by atoms with van der Waals surface area (Å²) in [6.07, 6.45) is -2.60. The zero-order valence-corrected chi connectivity index (χ0v) is 9.26. The molecule has 0 unspecified atom stereocenters. The maximum absolute atomic E-state index is 12.0. The highest BCUT2D eigenvalue weighted by molar-refractivity contribution is 7.17. The van der Waals surface area contributed by atoms with Crippen LogP contribution in [0.3, 0.4) is 0 Å². The van der Waals surface area contributed by atoms with Crippen LogP contribution in [0.25, 0.3) is 0 Å². The molecule has 16 heavy (non-hydrogen) atoms. The molecule has 1 rings (SSSR count). The second-order valence-electron chi connectivity index (χ2n) is 3.04. The Labute approximate surface area is 93.4 Å². The van der Waals surface area contributed by atoms with Gasteiger partial charge in [0.15, 0.2) is 0 Å². The zero-order chi connectivity index (χ0) is 12.3. The van der Waals surface area contributed by atoms with E-state index in [1.54, 1.807) is 19.0 Å². The number of halogens is 3. The number of carbonyl (C=O) groups is 1. The van der Waals surface area contributed by atoms with Gasteiger partial charge in [0.25, 0.3) is 5.78 Å². The van der Waals surface area contributed by atoms with Gasteiger partial charge >= 0.3 is 6.18 Å². The van der Waals surface area contributed by atoms with Crippen LogP contribution in [0.15, 0.2) is 11.2 Å². The number of carbonyl (C=O) groups excluding carboxylic acids is 1. The van der Waals surface area contributed by atoms with Crippen LogP contribution in [0.4, 0.5) is 18.3 Å². The average molecular weight is 251 g/mol. The summed E-state index contributed by atoms with van der Waals surface area (Å²) in [6.45, 7) is 0. The number of Topliss-reactive ketones (excluding diaryl/α,β-unsaturated/α-hetero) is 1. The summed E-state index contributed by atoms with van der Waals surface area (Å²) in [5.41, 5.74) is 0. The van der Waals surface area contributed by atoms with Gasteiger partial charge in [-0.05, 0) is 0 Å². The molecule has 1 aromatic heterocycles. The Morgan fingerprint density at radius 3 is 2.69 bits per heavy atom. The Morgan fingerprint density at radius 2 is 2.19 bits per heavy atom. The van der Waals surface area contributed by atoms with Gasteiger partial charge < -0.3 is 4.90 Å². The molecule has 0 saturated heterocycles.